The van der Waals surface area contributed by atoms with Crippen molar-refractivity contribution in [3.63, 3.8) is 0 Å². The summed E-state index contributed by atoms with van der Waals surface area (Å²) < 4.78 is 1.67. The minimum Gasteiger partial charge on any atom is -0.388 e. The lowest BCUT2D eigenvalue weighted by atomic mass is 10.0. The largest absolute Gasteiger partial charge is 0.388 e. The van der Waals surface area contributed by atoms with Gasteiger partial charge < -0.3 is 10.4 Å². The molecule has 94 valence electrons. The summed E-state index contributed by atoms with van der Waals surface area (Å²) in [5.74, 6) is -0.214. The van der Waals surface area contributed by atoms with Crippen LogP contribution < -0.4 is 5.32 Å². The Labute approximate surface area is 101 Å². The summed E-state index contributed by atoms with van der Waals surface area (Å²) in [5, 5.41) is 17.0. The number of carbonyl (C=O) groups excluding carboxylic acids is 1. The first-order chi connectivity index (χ1) is 8.00. The van der Waals surface area contributed by atoms with Crippen molar-refractivity contribution in [1.82, 2.24) is 15.1 Å². The molecule has 0 saturated heterocycles. The highest BCUT2D eigenvalue weighted by molar-refractivity contribution is 5.92. The maximum atomic E-state index is 11.8. The molecule has 1 aliphatic rings. The third-order valence-electron chi connectivity index (χ3n) is 3.46. The van der Waals surface area contributed by atoms with E-state index in [1.54, 1.807) is 17.8 Å². The number of aromatic nitrogens is 2. The molecule has 2 rings (SSSR count). The second kappa shape index (κ2) is 4.49. The summed E-state index contributed by atoms with van der Waals surface area (Å²) in [6, 6.07) is 1.74. The Balaban J connectivity index is 1.93. The Morgan fingerprint density at radius 2 is 2.24 bits per heavy atom. The van der Waals surface area contributed by atoms with Crippen molar-refractivity contribution in [3.8, 4) is 0 Å². The van der Waals surface area contributed by atoms with Gasteiger partial charge in [-0.3, -0.25) is 9.48 Å². The molecule has 0 spiro atoms. The van der Waals surface area contributed by atoms with Gasteiger partial charge in [-0.05, 0) is 25.8 Å². The van der Waals surface area contributed by atoms with Crippen LogP contribution >= 0.6 is 0 Å². The first kappa shape index (κ1) is 12.1. The number of rotatable bonds is 3. The molecule has 5 nitrogen and oxygen atoms in total. The van der Waals surface area contributed by atoms with E-state index in [9.17, 15) is 9.90 Å². The van der Waals surface area contributed by atoms with E-state index >= 15 is 0 Å². The normalized spacial score (nSPS) is 18.3. The van der Waals surface area contributed by atoms with Crippen molar-refractivity contribution in [2.24, 2.45) is 7.05 Å². The van der Waals surface area contributed by atoms with Gasteiger partial charge in [-0.1, -0.05) is 12.8 Å². The Kier molecular flexibility index (Phi) is 3.19. The zero-order chi connectivity index (χ0) is 12.5. The van der Waals surface area contributed by atoms with Gasteiger partial charge in [0.25, 0.3) is 5.91 Å². The first-order valence-corrected chi connectivity index (χ1v) is 6.01. The van der Waals surface area contributed by atoms with Gasteiger partial charge in [0, 0.05) is 19.3 Å². The van der Waals surface area contributed by atoms with E-state index in [4.69, 9.17) is 0 Å². The van der Waals surface area contributed by atoms with Crippen molar-refractivity contribution in [2.75, 3.05) is 6.54 Å². The summed E-state index contributed by atoms with van der Waals surface area (Å²) in [6.07, 6.45) is 3.62. The number of hydrogen-bond donors (Lipinski definition) is 2. The summed E-state index contributed by atoms with van der Waals surface area (Å²) in [4.78, 5) is 11.8. The number of hydrogen-bond acceptors (Lipinski definition) is 3. The summed E-state index contributed by atoms with van der Waals surface area (Å²) >= 11 is 0. The number of carbonyl (C=O) groups is 1. The second-order valence-corrected chi connectivity index (χ2v) is 4.91. The standard InChI is InChI=1S/C12H19N3O2/c1-9-7-10(14-15(9)2)11(16)13-8-12(17)5-3-4-6-12/h7,17H,3-6,8H2,1-2H3,(H,13,16). The van der Waals surface area contributed by atoms with Crippen LogP contribution in [0.5, 0.6) is 0 Å². The van der Waals surface area contributed by atoms with Crippen molar-refractivity contribution < 1.29 is 9.90 Å². The van der Waals surface area contributed by atoms with Crippen LogP contribution in [-0.4, -0.2) is 32.9 Å². The zero-order valence-electron chi connectivity index (χ0n) is 10.4. The van der Waals surface area contributed by atoms with Crippen LogP contribution in [0.15, 0.2) is 6.07 Å². The lowest BCUT2D eigenvalue weighted by molar-refractivity contribution is 0.0448. The highest BCUT2D eigenvalue weighted by Crippen LogP contribution is 2.28. The minimum absolute atomic E-state index is 0.214. The van der Waals surface area contributed by atoms with E-state index < -0.39 is 5.60 Å². The van der Waals surface area contributed by atoms with Gasteiger partial charge >= 0.3 is 0 Å². The lowest BCUT2D eigenvalue weighted by Crippen LogP contribution is -2.40. The van der Waals surface area contributed by atoms with Crippen molar-refractivity contribution in [2.45, 2.75) is 38.2 Å². The molecule has 0 aromatic carbocycles. The molecule has 2 N–H and O–H groups in total. The van der Waals surface area contributed by atoms with Gasteiger partial charge in [-0.15, -0.1) is 0 Å². The minimum atomic E-state index is -0.709. The van der Waals surface area contributed by atoms with E-state index in [1.165, 1.54) is 0 Å². The fraction of sp³-hybridized carbons (Fsp3) is 0.667. The number of nitrogens with zero attached hydrogens (tertiary/aromatic N) is 2. The summed E-state index contributed by atoms with van der Waals surface area (Å²) in [5.41, 5.74) is 0.640. The Morgan fingerprint density at radius 3 is 2.76 bits per heavy atom. The molecular weight excluding hydrogens is 218 g/mol. The molecule has 1 saturated carbocycles. The SMILES string of the molecule is Cc1cc(C(=O)NCC2(O)CCCC2)nn1C. The predicted octanol–water partition coefficient (Wildman–Crippen LogP) is 0.763. The Hall–Kier alpha value is -1.36. The number of nitrogens with one attached hydrogen (secondary N) is 1. The highest BCUT2D eigenvalue weighted by atomic mass is 16.3. The average Bonchev–Trinajstić information content (AvgIpc) is 2.85. The van der Waals surface area contributed by atoms with Crippen LogP contribution in [0.2, 0.25) is 0 Å². The van der Waals surface area contributed by atoms with Gasteiger partial charge in [-0.25, -0.2) is 0 Å². The van der Waals surface area contributed by atoms with Crippen LogP contribution in [-0.2, 0) is 7.05 Å². The topological polar surface area (TPSA) is 67.2 Å². The third kappa shape index (κ3) is 2.66. The zero-order valence-corrected chi connectivity index (χ0v) is 10.4. The number of amides is 1. The fourth-order valence-electron chi connectivity index (χ4n) is 2.22. The van der Waals surface area contributed by atoms with Gasteiger partial charge in [0.1, 0.15) is 5.69 Å². The Bertz CT molecular complexity index is 400. The number of aryl methyl sites for hydroxylation is 2. The maximum absolute atomic E-state index is 11.8. The van der Waals surface area contributed by atoms with Crippen molar-refractivity contribution >= 4 is 5.91 Å². The van der Waals surface area contributed by atoms with Crippen LogP contribution in [0, 0.1) is 6.92 Å². The molecule has 1 aromatic heterocycles. The second-order valence-electron chi connectivity index (χ2n) is 4.91. The molecule has 1 aromatic rings. The third-order valence-corrected chi connectivity index (χ3v) is 3.46. The van der Waals surface area contributed by atoms with E-state index in [0.717, 1.165) is 31.4 Å². The number of aliphatic hydroxyl groups is 1. The van der Waals surface area contributed by atoms with Gasteiger partial charge in [-0.2, -0.15) is 5.10 Å². The van der Waals surface area contributed by atoms with E-state index in [2.05, 4.69) is 10.4 Å². The molecule has 1 amide bonds. The van der Waals surface area contributed by atoms with Crippen molar-refractivity contribution in [1.29, 1.82) is 0 Å². The molecule has 1 aliphatic carbocycles. The monoisotopic (exact) mass is 237 g/mol. The van der Waals surface area contributed by atoms with Crippen LogP contribution in [0.1, 0.15) is 41.9 Å². The molecule has 5 heteroatoms. The van der Waals surface area contributed by atoms with Gasteiger partial charge in [0.2, 0.25) is 0 Å². The molecule has 1 fully saturated rings. The molecule has 0 aliphatic heterocycles. The molecule has 17 heavy (non-hydrogen) atoms. The van der Waals surface area contributed by atoms with Gasteiger partial charge in [0.15, 0.2) is 0 Å². The van der Waals surface area contributed by atoms with Gasteiger partial charge in [0.05, 0.1) is 5.60 Å². The van der Waals surface area contributed by atoms with Crippen LogP contribution in [0.4, 0.5) is 0 Å². The Morgan fingerprint density at radius 1 is 1.59 bits per heavy atom. The van der Waals surface area contributed by atoms with E-state index in [1.807, 2.05) is 6.92 Å². The van der Waals surface area contributed by atoms with E-state index in [0.29, 0.717) is 12.2 Å². The average molecular weight is 237 g/mol. The molecule has 0 unspecified atom stereocenters. The molecule has 0 atom stereocenters. The fourth-order valence-corrected chi connectivity index (χ4v) is 2.22. The van der Waals surface area contributed by atoms with Crippen LogP contribution in [0.3, 0.4) is 0 Å². The summed E-state index contributed by atoms with van der Waals surface area (Å²) in [6.45, 7) is 2.22. The molecule has 0 radical (unpaired) electrons. The predicted molar refractivity (Wildman–Crippen MR) is 63.7 cm³/mol. The summed E-state index contributed by atoms with van der Waals surface area (Å²) in [7, 11) is 1.80. The highest BCUT2D eigenvalue weighted by Gasteiger charge is 2.31. The maximum Gasteiger partial charge on any atom is 0.271 e. The molecule has 0 bridgehead atoms. The first-order valence-electron chi connectivity index (χ1n) is 6.01. The lowest BCUT2D eigenvalue weighted by Gasteiger charge is -2.21. The molecule has 1 heterocycles. The van der Waals surface area contributed by atoms with Crippen LogP contribution in [0.25, 0.3) is 0 Å². The quantitative estimate of drug-likeness (QED) is 0.815. The smallest absolute Gasteiger partial charge is 0.271 e. The molecular formula is C12H19N3O2. The van der Waals surface area contributed by atoms with Crippen molar-refractivity contribution in [3.05, 3.63) is 17.5 Å². The van der Waals surface area contributed by atoms with E-state index in [-0.39, 0.29) is 5.91 Å².